The lowest BCUT2D eigenvalue weighted by molar-refractivity contribution is 0.266. The lowest BCUT2D eigenvalue weighted by Crippen LogP contribution is -2.15. The number of nitrogens with zero attached hydrogens (tertiary/aromatic N) is 3. The molecule has 4 nitrogen and oxygen atoms in total. The highest BCUT2D eigenvalue weighted by Gasteiger charge is 2.20. The molecule has 2 atom stereocenters. The zero-order valence-corrected chi connectivity index (χ0v) is 11.4. The topological polar surface area (TPSA) is 50.9 Å². The molecule has 1 aliphatic carbocycles. The van der Waals surface area contributed by atoms with Crippen molar-refractivity contribution in [2.24, 2.45) is 18.9 Å². The van der Waals surface area contributed by atoms with Gasteiger partial charge in [-0.05, 0) is 24.7 Å². The van der Waals surface area contributed by atoms with Crippen molar-refractivity contribution in [3.05, 3.63) is 5.82 Å². The molecule has 17 heavy (non-hydrogen) atoms. The maximum absolute atomic E-state index is 9.05. The number of aromatic nitrogens is 3. The molecule has 0 saturated heterocycles. The van der Waals surface area contributed by atoms with E-state index in [4.69, 9.17) is 5.11 Å². The molecule has 0 aromatic carbocycles. The second-order valence-corrected chi connectivity index (χ2v) is 6.05. The zero-order valence-electron chi connectivity index (χ0n) is 10.6. The molecule has 1 heterocycles. The molecule has 1 aliphatic rings. The Hall–Kier alpha value is -0.550. The molecular weight excluding hydrogens is 234 g/mol. The van der Waals surface area contributed by atoms with E-state index in [2.05, 4.69) is 17.1 Å². The van der Waals surface area contributed by atoms with Gasteiger partial charge in [0.05, 0.1) is 0 Å². The second-order valence-electron chi connectivity index (χ2n) is 5.06. The van der Waals surface area contributed by atoms with Crippen molar-refractivity contribution in [2.45, 2.75) is 44.4 Å². The van der Waals surface area contributed by atoms with Gasteiger partial charge in [-0.1, -0.05) is 31.5 Å². The molecular formula is C12H21N3OS. The quantitative estimate of drug-likeness (QED) is 0.838. The van der Waals surface area contributed by atoms with Gasteiger partial charge in [-0.2, -0.15) is 0 Å². The number of aliphatic hydroxyl groups excluding tert-OH is 1. The van der Waals surface area contributed by atoms with E-state index in [0.29, 0.717) is 5.82 Å². The largest absolute Gasteiger partial charge is 0.388 e. The Labute approximate surface area is 107 Å². The Morgan fingerprint density at radius 3 is 2.88 bits per heavy atom. The minimum atomic E-state index is -0.0372. The molecule has 2 unspecified atom stereocenters. The number of thioether (sulfide) groups is 1. The highest BCUT2D eigenvalue weighted by molar-refractivity contribution is 7.99. The molecule has 1 N–H and O–H groups in total. The zero-order chi connectivity index (χ0) is 12.3. The first-order chi connectivity index (χ1) is 8.20. The van der Waals surface area contributed by atoms with Crippen LogP contribution in [-0.4, -0.2) is 25.6 Å². The predicted molar refractivity (Wildman–Crippen MR) is 68.8 cm³/mol. The smallest absolute Gasteiger partial charge is 0.191 e. The van der Waals surface area contributed by atoms with Crippen molar-refractivity contribution in [3.8, 4) is 0 Å². The van der Waals surface area contributed by atoms with Crippen molar-refractivity contribution in [3.63, 3.8) is 0 Å². The van der Waals surface area contributed by atoms with Gasteiger partial charge in [-0.3, -0.25) is 0 Å². The van der Waals surface area contributed by atoms with Gasteiger partial charge in [0.2, 0.25) is 0 Å². The van der Waals surface area contributed by atoms with E-state index in [1.807, 2.05) is 11.6 Å². The lowest BCUT2D eigenvalue weighted by atomic mass is 9.83. The van der Waals surface area contributed by atoms with Gasteiger partial charge in [0.15, 0.2) is 11.0 Å². The summed E-state index contributed by atoms with van der Waals surface area (Å²) in [4.78, 5) is 0. The van der Waals surface area contributed by atoms with Crippen molar-refractivity contribution < 1.29 is 5.11 Å². The van der Waals surface area contributed by atoms with Gasteiger partial charge in [-0.15, -0.1) is 10.2 Å². The Kier molecular flexibility index (Phi) is 4.45. The van der Waals surface area contributed by atoms with Crippen molar-refractivity contribution >= 4 is 11.8 Å². The van der Waals surface area contributed by atoms with Crippen LogP contribution in [0.25, 0.3) is 0 Å². The van der Waals surface area contributed by atoms with Crippen LogP contribution in [0.5, 0.6) is 0 Å². The van der Waals surface area contributed by atoms with E-state index in [9.17, 15) is 0 Å². The van der Waals surface area contributed by atoms with Crippen LogP contribution < -0.4 is 0 Å². The van der Waals surface area contributed by atoms with E-state index in [0.717, 1.165) is 22.7 Å². The Morgan fingerprint density at radius 2 is 2.24 bits per heavy atom. The van der Waals surface area contributed by atoms with E-state index in [-0.39, 0.29) is 6.61 Å². The van der Waals surface area contributed by atoms with Gasteiger partial charge in [0, 0.05) is 12.8 Å². The highest BCUT2D eigenvalue weighted by atomic mass is 32.2. The molecule has 1 fully saturated rings. The van der Waals surface area contributed by atoms with E-state index >= 15 is 0 Å². The number of rotatable bonds is 4. The Morgan fingerprint density at radius 1 is 1.41 bits per heavy atom. The van der Waals surface area contributed by atoms with Gasteiger partial charge >= 0.3 is 0 Å². The third-order valence-corrected chi connectivity index (χ3v) is 4.81. The molecule has 0 bridgehead atoms. The monoisotopic (exact) mass is 255 g/mol. The van der Waals surface area contributed by atoms with Crippen LogP contribution in [0.4, 0.5) is 0 Å². The first kappa shape index (κ1) is 12.9. The van der Waals surface area contributed by atoms with Crippen LogP contribution in [0.3, 0.4) is 0 Å². The predicted octanol–water partition coefficient (Wildman–Crippen LogP) is 2.23. The van der Waals surface area contributed by atoms with Crippen molar-refractivity contribution in [2.75, 3.05) is 5.75 Å². The number of hydrogen-bond donors (Lipinski definition) is 1. The SMILES string of the molecule is CC1CCCC(CSc2nnc(CO)n2C)C1. The van der Waals surface area contributed by atoms with Gasteiger partial charge in [0.1, 0.15) is 6.61 Å². The summed E-state index contributed by atoms with van der Waals surface area (Å²) in [5.74, 6) is 3.46. The van der Waals surface area contributed by atoms with E-state index in [1.54, 1.807) is 11.8 Å². The van der Waals surface area contributed by atoms with E-state index < -0.39 is 0 Å². The summed E-state index contributed by atoms with van der Waals surface area (Å²) in [7, 11) is 1.91. The maximum Gasteiger partial charge on any atom is 0.191 e. The van der Waals surface area contributed by atoms with Crippen LogP contribution >= 0.6 is 11.8 Å². The molecule has 0 aliphatic heterocycles. The van der Waals surface area contributed by atoms with Crippen LogP contribution in [0.15, 0.2) is 5.16 Å². The summed E-state index contributed by atoms with van der Waals surface area (Å²) >= 11 is 1.77. The summed E-state index contributed by atoms with van der Waals surface area (Å²) in [6.45, 7) is 2.31. The summed E-state index contributed by atoms with van der Waals surface area (Å²) in [5, 5.41) is 18.0. The van der Waals surface area contributed by atoms with Gasteiger partial charge in [-0.25, -0.2) is 0 Å². The molecule has 0 radical (unpaired) electrons. The van der Waals surface area contributed by atoms with Gasteiger partial charge < -0.3 is 9.67 Å². The van der Waals surface area contributed by atoms with E-state index in [1.165, 1.54) is 25.7 Å². The first-order valence-electron chi connectivity index (χ1n) is 6.32. The molecule has 2 rings (SSSR count). The van der Waals surface area contributed by atoms with Crippen LogP contribution in [0.2, 0.25) is 0 Å². The standard InChI is InChI=1S/C12H21N3OS/c1-9-4-3-5-10(6-9)8-17-12-14-13-11(7-16)15(12)2/h9-10,16H,3-8H2,1-2H3. The molecule has 1 aromatic rings. The minimum Gasteiger partial charge on any atom is -0.388 e. The lowest BCUT2D eigenvalue weighted by Gasteiger charge is -2.26. The van der Waals surface area contributed by atoms with Gasteiger partial charge in [0.25, 0.3) is 0 Å². The fourth-order valence-electron chi connectivity index (χ4n) is 2.51. The fraction of sp³-hybridized carbons (Fsp3) is 0.833. The number of hydrogen-bond acceptors (Lipinski definition) is 4. The molecule has 1 aromatic heterocycles. The number of aliphatic hydroxyl groups is 1. The molecule has 96 valence electrons. The summed E-state index contributed by atoms with van der Waals surface area (Å²) in [5.41, 5.74) is 0. The van der Waals surface area contributed by atoms with Crippen molar-refractivity contribution in [1.82, 2.24) is 14.8 Å². The molecule has 5 heteroatoms. The minimum absolute atomic E-state index is 0.0372. The average Bonchev–Trinajstić information content (AvgIpc) is 2.67. The summed E-state index contributed by atoms with van der Waals surface area (Å²) in [6.07, 6.45) is 5.45. The summed E-state index contributed by atoms with van der Waals surface area (Å²) in [6, 6.07) is 0. The average molecular weight is 255 g/mol. The third kappa shape index (κ3) is 3.22. The molecule has 0 amide bonds. The highest BCUT2D eigenvalue weighted by Crippen LogP contribution is 2.32. The first-order valence-corrected chi connectivity index (χ1v) is 7.31. The Balaban J connectivity index is 1.86. The second kappa shape index (κ2) is 5.87. The van der Waals surface area contributed by atoms with Crippen LogP contribution in [-0.2, 0) is 13.7 Å². The third-order valence-electron chi connectivity index (χ3n) is 3.56. The summed E-state index contributed by atoms with van der Waals surface area (Å²) < 4.78 is 1.89. The van der Waals surface area contributed by atoms with Crippen molar-refractivity contribution in [1.29, 1.82) is 0 Å². The van der Waals surface area contributed by atoms with Crippen LogP contribution in [0.1, 0.15) is 38.4 Å². The normalized spacial score (nSPS) is 25.1. The Bertz CT molecular complexity index is 367. The maximum atomic E-state index is 9.05. The van der Waals surface area contributed by atoms with Crippen LogP contribution in [0, 0.1) is 11.8 Å². The molecule has 1 saturated carbocycles. The molecule has 0 spiro atoms. The fourth-order valence-corrected chi connectivity index (χ4v) is 3.60.